The van der Waals surface area contributed by atoms with Crippen LogP contribution in [-0.2, 0) is 9.53 Å². The van der Waals surface area contributed by atoms with E-state index in [0.717, 1.165) is 19.5 Å². The summed E-state index contributed by atoms with van der Waals surface area (Å²) in [7, 11) is 0. The highest BCUT2D eigenvalue weighted by Crippen LogP contribution is 2.24. The predicted octanol–water partition coefficient (Wildman–Crippen LogP) is 1.79. The maximum absolute atomic E-state index is 12.7. The molecule has 2 fully saturated rings. The van der Waals surface area contributed by atoms with Crippen molar-refractivity contribution in [3.63, 3.8) is 0 Å². The Morgan fingerprint density at radius 3 is 2.84 bits per heavy atom. The monoisotopic (exact) mass is 268 g/mol. The molecule has 0 spiro atoms. The summed E-state index contributed by atoms with van der Waals surface area (Å²) >= 11 is 0. The first-order chi connectivity index (χ1) is 8.91. The molecule has 2 aliphatic rings. The van der Waals surface area contributed by atoms with Gasteiger partial charge in [-0.2, -0.15) is 0 Å². The van der Waals surface area contributed by atoms with Gasteiger partial charge >= 0.3 is 0 Å². The molecule has 0 bridgehead atoms. The lowest BCUT2D eigenvalue weighted by atomic mass is 9.89. The number of ether oxygens (including phenoxy) is 1. The predicted molar refractivity (Wildman–Crippen MR) is 76.0 cm³/mol. The number of hydrogen-bond acceptors (Lipinski definition) is 3. The molecule has 0 aromatic carbocycles. The van der Waals surface area contributed by atoms with E-state index in [1.165, 1.54) is 12.8 Å². The van der Waals surface area contributed by atoms with Gasteiger partial charge in [0.15, 0.2) is 0 Å². The Bertz CT molecular complexity index is 330. The highest BCUT2D eigenvalue weighted by Gasteiger charge is 2.37. The summed E-state index contributed by atoms with van der Waals surface area (Å²) < 4.78 is 5.87. The van der Waals surface area contributed by atoms with E-state index >= 15 is 0 Å². The smallest absolute Gasteiger partial charge is 0.239 e. The molecule has 2 saturated heterocycles. The molecule has 19 heavy (non-hydrogen) atoms. The van der Waals surface area contributed by atoms with Crippen molar-refractivity contribution in [1.29, 1.82) is 0 Å². The molecule has 0 aromatic heterocycles. The third kappa shape index (κ3) is 3.69. The maximum Gasteiger partial charge on any atom is 0.239 e. The summed E-state index contributed by atoms with van der Waals surface area (Å²) in [5, 5.41) is 3.39. The zero-order chi connectivity index (χ0) is 14.0. The lowest BCUT2D eigenvalue weighted by molar-refractivity contribution is -0.160. The molecular formula is C15H28N2O2. The second-order valence-electron chi connectivity index (χ2n) is 6.71. The van der Waals surface area contributed by atoms with E-state index in [2.05, 4.69) is 26.1 Å². The first-order valence-corrected chi connectivity index (χ1v) is 7.61. The van der Waals surface area contributed by atoms with Gasteiger partial charge in [-0.15, -0.1) is 0 Å². The van der Waals surface area contributed by atoms with Crippen LogP contribution in [0.5, 0.6) is 0 Å². The van der Waals surface area contributed by atoms with E-state index in [9.17, 15) is 4.79 Å². The van der Waals surface area contributed by atoms with Crippen LogP contribution in [-0.4, -0.2) is 48.2 Å². The number of carbonyl (C=O) groups is 1. The highest BCUT2D eigenvalue weighted by molar-refractivity contribution is 5.82. The van der Waals surface area contributed by atoms with Crippen LogP contribution >= 0.6 is 0 Å². The standard InChI is InChI=1S/C15H28N2O2/c1-5-12-6-7-16-13(8-12)14(18)17-9-11(2)19-15(3,4)10-17/h11-13,16H,5-10H2,1-4H3. The zero-order valence-electron chi connectivity index (χ0n) is 12.7. The average Bonchev–Trinajstić information content (AvgIpc) is 2.35. The summed E-state index contributed by atoms with van der Waals surface area (Å²) in [4.78, 5) is 14.6. The summed E-state index contributed by atoms with van der Waals surface area (Å²) in [6.45, 7) is 10.8. The van der Waals surface area contributed by atoms with Crippen LogP contribution in [0, 0.1) is 5.92 Å². The molecule has 0 radical (unpaired) electrons. The minimum Gasteiger partial charge on any atom is -0.369 e. The number of morpholine rings is 1. The molecule has 0 saturated carbocycles. The Morgan fingerprint density at radius 1 is 1.47 bits per heavy atom. The third-order valence-corrected chi connectivity index (χ3v) is 4.27. The summed E-state index contributed by atoms with van der Waals surface area (Å²) in [6, 6.07) is 0.0137. The summed E-state index contributed by atoms with van der Waals surface area (Å²) in [6.07, 6.45) is 3.49. The van der Waals surface area contributed by atoms with Crippen molar-refractivity contribution in [2.45, 2.75) is 64.7 Å². The molecule has 110 valence electrons. The summed E-state index contributed by atoms with van der Waals surface area (Å²) in [5.74, 6) is 0.961. The lowest BCUT2D eigenvalue weighted by Gasteiger charge is -2.43. The molecule has 1 N–H and O–H groups in total. The molecule has 4 heteroatoms. The topological polar surface area (TPSA) is 41.6 Å². The SMILES string of the molecule is CCC1CCNC(C(=O)N2CC(C)OC(C)(C)C2)C1. The number of rotatable bonds is 2. The normalized spacial score (nSPS) is 35.2. The Kier molecular flexibility index (Phi) is 4.51. The van der Waals surface area contributed by atoms with Crippen molar-refractivity contribution in [2.24, 2.45) is 5.92 Å². The van der Waals surface area contributed by atoms with E-state index in [-0.39, 0.29) is 23.7 Å². The van der Waals surface area contributed by atoms with Gasteiger partial charge in [0.05, 0.1) is 17.7 Å². The van der Waals surface area contributed by atoms with Crippen molar-refractivity contribution in [3.8, 4) is 0 Å². The van der Waals surface area contributed by atoms with Gasteiger partial charge in [-0.3, -0.25) is 4.79 Å². The number of nitrogens with one attached hydrogen (secondary N) is 1. The van der Waals surface area contributed by atoms with Crippen molar-refractivity contribution in [3.05, 3.63) is 0 Å². The van der Waals surface area contributed by atoms with Crippen molar-refractivity contribution >= 4 is 5.91 Å². The number of hydrogen-bond donors (Lipinski definition) is 1. The molecule has 4 nitrogen and oxygen atoms in total. The number of carbonyl (C=O) groups excluding carboxylic acids is 1. The molecule has 3 atom stereocenters. The van der Waals surface area contributed by atoms with Crippen LogP contribution in [0.1, 0.15) is 47.0 Å². The number of piperidine rings is 1. The maximum atomic E-state index is 12.7. The Morgan fingerprint density at radius 2 is 2.21 bits per heavy atom. The van der Waals surface area contributed by atoms with Gasteiger partial charge in [0, 0.05) is 13.1 Å². The molecule has 2 heterocycles. The van der Waals surface area contributed by atoms with Gasteiger partial charge in [-0.25, -0.2) is 0 Å². The molecule has 0 aliphatic carbocycles. The van der Waals surface area contributed by atoms with Crippen LogP contribution in [0.15, 0.2) is 0 Å². The zero-order valence-corrected chi connectivity index (χ0v) is 12.7. The van der Waals surface area contributed by atoms with Gasteiger partial charge in [0.2, 0.25) is 5.91 Å². The van der Waals surface area contributed by atoms with Gasteiger partial charge in [-0.1, -0.05) is 13.3 Å². The lowest BCUT2D eigenvalue weighted by Crippen LogP contribution is -2.58. The number of nitrogens with zero attached hydrogens (tertiary/aromatic N) is 1. The van der Waals surface area contributed by atoms with Crippen LogP contribution < -0.4 is 5.32 Å². The third-order valence-electron chi connectivity index (χ3n) is 4.27. The van der Waals surface area contributed by atoms with Crippen molar-refractivity contribution in [1.82, 2.24) is 10.2 Å². The molecule has 3 unspecified atom stereocenters. The second kappa shape index (κ2) is 5.80. The molecule has 2 rings (SSSR count). The fourth-order valence-electron chi connectivity index (χ4n) is 3.40. The Labute approximate surface area is 116 Å². The van der Waals surface area contributed by atoms with Crippen molar-refractivity contribution < 1.29 is 9.53 Å². The van der Waals surface area contributed by atoms with Crippen LogP contribution in [0.3, 0.4) is 0 Å². The minimum absolute atomic E-state index is 0.0137. The van der Waals surface area contributed by atoms with Crippen LogP contribution in [0.25, 0.3) is 0 Å². The molecule has 2 aliphatic heterocycles. The fraction of sp³-hybridized carbons (Fsp3) is 0.933. The van der Waals surface area contributed by atoms with E-state index < -0.39 is 0 Å². The molecule has 0 aromatic rings. The second-order valence-corrected chi connectivity index (χ2v) is 6.71. The van der Waals surface area contributed by atoms with Gasteiger partial charge in [-0.05, 0) is 46.1 Å². The first-order valence-electron chi connectivity index (χ1n) is 7.61. The van der Waals surface area contributed by atoms with Crippen LogP contribution in [0.2, 0.25) is 0 Å². The van der Waals surface area contributed by atoms with Gasteiger partial charge < -0.3 is 15.0 Å². The fourth-order valence-corrected chi connectivity index (χ4v) is 3.40. The Balaban J connectivity index is 1.98. The quantitative estimate of drug-likeness (QED) is 0.830. The summed E-state index contributed by atoms with van der Waals surface area (Å²) in [5.41, 5.74) is -0.230. The van der Waals surface area contributed by atoms with E-state index in [4.69, 9.17) is 4.74 Å². The van der Waals surface area contributed by atoms with E-state index in [0.29, 0.717) is 12.5 Å². The van der Waals surface area contributed by atoms with E-state index in [1.54, 1.807) is 0 Å². The van der Waals surface area contributed by atoms with Crippen LogP contribution in [0.4, 0.5) is 0 Å². The molecular weight excluding hydrogens is 240 g/mol. The molecule has 1 amide bonds. The largest absolute Gasteiger partial charge is 0.369 e. The van der Waals surface area contributed by atoms with E-state index in [1.807, 2.05) is 11.8 Å². The minimum atomic E-state index is -0.230. The first kappa shape index (κ1) is 14.8. The highest BCUT2D eigenvalue weighted by atomic mass is 16.5. The average molecular weight is 268 g/mol. The number of amides is 1. The van der Waals surface area contributed by atoms with Gasteiger partial charge in [0.25, 0.3) is 0 Å². The Hall–Kier alpha value is -0.610. The van der Waals surface area contributed by atoms with Gasteiger partial charge in [0.1, 0.15) is 0 Å². The van der Waals surface area contributed by atoms with Crippen molar-refractivity contribution in [2.75, 3.05) is 19.6 Å².